The van der Waals surface area contributed by atoms with Crippen LogP contribution in [0.2, 0.25) is 0 Å². The summed E-state index contributed by atoms with van der Waals surface area (Å²) in [5.41, 5.74) is -3.25. The Bertz CT molecular complexity index is 1290. The maximum Gasteiger partial charge on any atom is 0.278 e. The summed E-state index contributed by atoms with van der Waals surface area (Å²) in [5, 5.41) is 14.6. The average molecular weight is 526 g/mol. The van der Waals surface area contributed by atoms with Crippen molar-refractivity contribution < 1.29 is 37.0 Å². The Morgan fingerprint density at radius 1 is 1.27 bits per heavy atom. The average Bonchev–Trinajstić information content (AvgIpc) is 3.31. The first-order chi connectivity index (χ1) is 17.4. The number of aromatic nitrogens is 1. The van der Waals surface area contributed by atoms with Crippen LogP contribution in [-0.2, 0) is 11.3 Å². The fourth-order valence-electron chi connectivity index (χ4n) is 4.66. The van der Waals surface area contributed by atoms with Gasteiger partial charge in [-0.15, -0.1) is 0 Å². The van der Waals surface area contributed by atoms with Crippen LogP contribution in [0.15, 0.2) is 29.2 Å². The molecule has 13 heteroatoms. The molecule has 1 atom stereocenters. The first-order valence-electron chi connectivity index (χ1n) is 11.6. The van der Waals surface area contributed by atoms with Crippen molar-refractivity contribution in [3.05, 3.63) is 63.1 Å². The van der Waals surface area contributed by atoms with Crippen LogP contribution in [-0.4, -0.2) is 64.9 Å². The zero-order valence-corrected chi connectivity index (χ0v) is 20.2. The number of nitrogens with one attached hydrogen (secondary N) is 1. The summed E-state index contributed by atoms with van der Waals surface area (Å²) in [5.74, 6) is -7.32. The van der Waals surface area contributed by atoms with Crippen molar-refractivity contribution in [1.29, 1.82) is 0 Å². The summed E-state index contributed by atoms with van der Waals surface area (Å²) in [7, 11) is 1.46. The molecule has 0 radical (unpaired) electrons. The van der Waals surface area contributed by atoms with E-state index in [0.717, 1.165) is 29.9 Å². The molecular weight excluding hydrogens is 500 g/mol. The van der Waals surface area contributed by atoms with Crippen molar-refractivity contribution in [3.63, 3.8) is 0 Å². The van der Waals surface area contributed by atoms with Crippen molar-refractivity contribution in [3.8, 4) is 5.75 Å². The Morgan fingerprint density at radius 3 is 2.62 bits per heavy atom. The zero-order chi connectivity index (χ0) is 27.1. The summed E-state index contributed by atoms with van der Waals surface area (Å²) in [6, 6.07) is 2.78. The molecule has 2 N–H and O–H groups in total. The topological polar surface area (TPSA) is 104 Å². The number of carbonyl (C=O) groups excluding carboxylic acids is 2. The molecule has 1 unspecified atom stereocenters. The smallest absolute Gasteiger partial charge is 0.278 e. The lowest BCUT2D eigenvalue weighted by Gasteiger charge is -2.52. The Labute approximate surface area is 209 Å². The van der Waals surface area contributed by atoms with Gasteiger partial charge in [0.15, 0.2) is 17.1 Å². The molecule has 1 fully saturated rings. The monoisotopic (exact) mass is 526 g/mol. The molecule has 0 bridgehead atoms. The van der Waals surface area contributed by atoms with E-state index in [-0.39, 0.29) is 38.3 Å². The molecule has 2 aromatic rings. The summed E-state index contributed by atoms with van der Waals surface area (Å²) < 4.78 is 60.9. The molecule has 2 aliphatic heterocycles. The minimum absolute atomic E-state index is 0.00895. The van der Waals surface area contributed by atoms with Crippen LogP contribution in [0.4, 0.5) is 17.6 Å². The number of rotatable bonds is 7. The van der Waals surface area contributed by atoms with Gasteiger partial charge in [-0.05, 0) is 19.4 Å². The number of hydrogen-bond acceptors (Lipinski definition) is 6. The third kappa shape index (κ3) is 4.87. The summed E-state index contributed by atoms with van der Waals surface area (Å²) >= 11 is 0. The van der Waals surface area contributed by atoms with Gasteiger partial charge in [-0.25, -0.2) is 17.6 Å². The minimum Gasteiger partial charge on any atom is -0.502 e. The number of halogens is 4. The van der Waals surface area contributed by atoms with Crippen molar-refractivity contribution in [1.82, 2.24) is 14.9 Å². The van der Waals surface area contributed by atoms with E-state index < -0.39 is 63.9 Å². The van der Waals surface area contributed by atoms with Crippen molar-refractivity contribution >= 4 is 11.8 Å². The van der Waals surface area contributed by atoms with Gasteiger partial charge in [0.2, 0.25) is 11.4 Å². The molecule has 1 spiro atoms. The second-order valence-electron chi connectivity index (χ2n) is 9.28. The highest BCUT2D eigenvalue weighted by atomic mass is 19.3. The molecule has 0 aliphatic carbocycles. The second-order valence-corrected chi connectivity index (χ2v) is 9.28. The Morgan fingerprint density at radius 2 is 2.00 bits per heavy atom. The lowest BCUT2D eigenvalue weighted by atomic mass is 10.0. The lowest BCUT2D eigenvalue weighted by molar-refractivity contribution is 0.00680. The van der Waals surface area contributed by atoms with Gasteiger partial charge in [-0.1, -0.05) is 6.07 Å². The number of fused-ring (bicyclic) bond motifs is 1. The van der Waals surface area contributed by atoms with Crippen molar-refractivity contribution in [2.45, 2.75) is 44.3 Å². The third-order valence-electron chi connectivity index (χ3n) is 6.70. The molecule has 200 valence electrons. The number of nitrogens with zero attached hydrogens (tertiary/aromatic N) is 3. The number of amides is 2. The Kier molecular flexibility index (Phi) is 6.93. The van der Waals surface area contributed by atoms with Gasteiger partial charge in [-0.3, -0.25) is 24.1 Å². The SMILES string of the molecule is CN1C(=O)c2c(O)c(=O)c(C(=O)NCc3ccc(F)cc3F)cn2N(CCCC(C)(F)F)C12CCOC2. The van der Waals surface area contributed by atoms with E-state index >= 15 is 0 Å². The molecule has 0 saturated carbocycles. The molecule has 2 aliphatic rings. The van der Waals surface area contributed by atoms with Gasteiger partial charge in [0.25, 0.3) is 11.8 Å². The molecule has 1 saturated heterocycles. The van der Waals surface area contributed by atoms with Gasteiger partial charge in [0, 0.05) is 50.8 Å². The normalized spacial score (nSPS) is 19.5. The number of hydrogen-bond donors (Lipinski definition) is 2. The lowest BCUT2D eigenvalue weighted by Crippen LogP contribution is -2.70. The maximum absolute atomic E-state index is 14.0. The number of carbonyl (C=O) groups is 2. The van der Waals surface area contributed by atoms with E-state index in [9.17, 15) is 37.1 Å². The van der Waals surface area contributed by atoms with E-state index in [0.29, 0.717) is 12.5 Å². The summed E-state index contributed by atoms with van der Waals surface area (Å²) in [6.07, 6.45) is 0.902. The zero-order valence-electron chi connectivity index (χ0n) is 20.2. The van der Waals surface area contributed by atoms with Crippen LogP contribution in [0, 0.1) is 11.6 Å². The summed E-state index contributed by atoms with van der Waals surface area (Å²) in [4.78, 5) is 40.3. The quantitative estimate of drug-likeness (QED) is 0.537. The largest absolute Gasteiger partial charge is 0.502 e. The molecule has 37 heavy (non-hydrogen) atoms. The van der Waals surface area contributed by atoms with Crippen molar-refractivity contribution in [2.24, 2.45) is 0 Å². The number of ether oxygens (including phenoxy) is 1. The predicted molar refractivity (Wildman–Crippen MR) is 123 cm³/mol. The van der Waals surface area contributed by atoms with Crippen LogP contribution >= 0.6 is 0 Å². The van der Waals surface area contributed by atoms with E-state index in [2.05, 4.69) is 5.32 Å². The highest BCUT2D eigenvalue weighted by Crippen LogP contribution is 2.36. The Hall–Kier alpha value is -3.61. The number of alkyl halides is 2. The highest BCUT2D eigenvalue weighted by molar-refractivity contribution is 5.99. The molecule has 1 aromatic carbocycles. The second kappa shape index (κ2) is 9.69. The standard InChI is InChI=1S/C24H26F4N4O5/c1-23(27,28)6-3-8-32-24(7-9-37-13-24)30(2)22(36)18-20(34)19(33)16(12-31(18)32)21(35)29-11-14-4-5-15(25)10-17(14)26/h4-5,10,12,34H,3,6-9,11,13H2,1-2H3,(H,29,35). The molecular formula is C24H26F4N4O5. The van der Waals surface area contributed by atoms with Crippen LogP contribution in [0.3, 0.4) is 0 Å². The molecule has 3 heterocycles. The van der Waals surface area contributed by atoms with E-state index in [1.54, 1.807) is 0 Å². The van der Waals surface area contributed by atoms with E-state index in [1.165, 1.54) is 17.0 Å². The number of likely N-dealkylation sites (N-methyl/N-ethyl adjacent to an activating group) is 1. The van der Waals surface area contributed by atoms with Gasteiger partial charge in [0.05, 0.1) is 13.2 Å². The van der Waals surface area contributed by atoms with Crippen LogP contribution < -0.4 is 15.8 Å². The third-order valence-corrected chi connectivity index (χ3v) is 6.70. The van der Waals surface area contributed by atoms with Gasteiger partial charge < -0.3 is 20.1 Å². The van der Waals surface area contributed by atoms with Crippen LogP contribution in [0.25, 0.3) is 0 Å². The fourth-order valence-corrected chi connectivity index (χ4v) is 4.66. The van der Waals surface area contributed by atoms with E-state index in [1.807, 2.05) is 0 Å². The summed E-state index contributed by atoms with van der Waals surface area (Å²) in [6.45, 7) is 0.700. The van der Waals surface area contributed by atoms with E-state index in [4.69, 9.17) is 4.74 Å². The highest BCUT2D eigenvalue weighted by Gasteiger charge is 2.52. The van der Waals surface area contributed by atoms with Crippen LogP contribution in [0.5, 0.6) is 5.75 Å². The number of aromatic hydroxyl groups is 1. The first-order valence-corrected chi connectivity index (χ1v) is 11.6. The number of pyridine rings is 1. The van der Waals surface area contributed by atoms with Crippen molar-refractivity contribution in [2.75, 3.05) is 31.8 Å². The number of benzene rings is 1. The molecule has 1 aromatic heterocycles. The predicted octanol–water partition coefficient (Wildman–Crippen LogP) is 2.34. The molecule has 2 amide bonds. The maximum atomic E-state index is 14.0. The van der Waals surface area contributed by atoms with Crippen LogP contribution in [0.1, 0.15) is 52.6 Å². The minimum atomic E-state index is -2.94. The Balaban J connectivity index is 1.73. The van der Waals surface area contributed by atoms with Gasteiger partial charge in [0.1, 0.15) is 17.2 Å². The van der Waals surface area contributed by atoms with Gasteiger partial charge in [-0.2, -0.15) is 0 Å². The first kappa shape index (κ1) is 26.5. The fraction of sp³-hybridized carbons (Fsp3) is 0.458. The van der Waals surface area contributed by atoms with Gasteiger partial charge >= 0.3 is 0 Å². The molecule has 4 rings (SSSR count). The molecule has 9 nitrogen and oxygen atoms in total.